The van der Waals surface area contributed by atoms with Crippen LogP contribution in [0.15, 0.2) is 67.0 Å². The smallest absolute Gasteiger partial charge is 0.223 e. The molecule has 3 heterocycles. The van der Waals surface area contributed by atoms with Gasteiger partial charge in [-0.3, -0.25) is 9.78 Å². The van der Waals surface area contributed by atoms with E-state index in [1.54, 1.807) is 6.20 Å². The lowest BCUT2D eigenvalue weighted by Gasteiger charge is -2.25. The Hall–Kier alpha value is -2.92. The Morgan fingerprint density at radius 2 is 2.03 bits per heavy atom. The van der Waals surface area contributed by atoms with Gasteiger partial charge in [-0.2, -0.15) is 0 Å². The molecule has 1 aromatic carbocycles. The average Bonchev–Trinajstić information content (AvgIpc) is 3.45. The fourth-order valence-corrected chi connectivity index (χ4v) is 3.77. The number of ether oxygens (including phenoxy) is 1. The van der Waals surface area contributed by atoms with E-state index in [4.69, 9.17) is 4.74 Å². The largest absolute Gasteiger partial charge is 0.376 e. The van der Waals surface area contributed by atoms with E-state index in [9.17, 15) is 4.79 Å². The van der Waals surface area contributed by atoms with E-state index in [0.29, 0.717) is 25.9 Å². The maximum Gasteiger partial charge on any atom is 0.223 e. The third-order valence-electron chi connectivity index (χ3n) is 5.34. The lowest BCUT2D eigenvalue weighted by Crippen LogP contribution is -2.37. The monoisotopic (exact) mass is 389 g/mol. The number of rotatable bonds is 8. The summed E-state index contributed by atoms with van der Waals surface area (Å²) in [5.41, 5.74) is 4.36. The van der Waals surface area contributed by atoms with Crippen LogP contribution in [0.1, 0.15) is 30.5 Å². The van der Waals surface area contributed by atoms with Crippen molar-refractivity contribution in [2.75, 3.05) is 13.2 Å². The van der Waals surface area contributed by atoms with E-state index in [0.717, 1.165) is 42.0 Å². The molecule has 0 radical (unpaired) electrons. The third kappa shape index (κ3) is 5.33. The van der Waals surface area contributed by atoms with Crippen molar-refractivity contribution in [3.8, 4) is 11.3 Å². The normalized spacial score (nSPS) is 16.1. The van der Waals surface area contributed by atoms with Crippen LogP contribution in [0.5, 0.6) is 0 Å². The number of hydrogen-bond acceptors (Lipinski definition) is 3. The van der Waals surface area contributed by atoms with E-state index in [-0.39, 0.29) is 12.0 Å². The fraction of sp³-hybridized carbons (Fsp3) is 0.333. The highest BCUT2D eigenvalue weighted by atomic mass is 16.5. The van der Waals surface area contributed by atoms with Crippen molar-refractivity contribution in [3.05, 3.63) is 78.2 Å². The minimum absolute atomic E-state index is 0.144. The molecule has 0 aliphatic carbocycles. The van der Waals surface area contributed by atoms with Crippen molar-refractivity contribution in [2.45, 2.75) is 38.3 Å². The maximum absolute atomic E-state index is 13.0. The lowest BCUT2D eigenvalue weighted by atomic mass is 10.1. The molecule has 1 unspecified atom stereocenters. The van der Waals surface area contributed by atoms with Gasteiger partial charge in [0, 0.05) is 49.9 Å². The lowest BCUT2D eigenvalue weighted by molar-refractivity contribution is -0.133. The molecule has 1 aliphatic rings. The molecule has 1 N–H and O–H groups in total. The molecule has 3 aromatic rings. The zero-order valence-electron chi connectivity index (χ0n) is 16.6. The minimum Gasteiger partial charge on any atom is -0.376 e. The van der Waals surface area contributed by atoms with Crippen LogP contribution in [0.2, 0.25) is 0 Å². The summed E-state index contributed by atoms with van der Waals surface area (Å²) >= 11 is 0. The Kier molecular flexibility index (Phi) is 6.37. The second kappa shape index (κ2) is 9.52. The summed E-state index contributed by atoms with van der Waals surface area (Å²) < 4.78 is 5.77. The summed E-state index contributed by atoms with van der Waals surface area (Å²) in [4.78, 5) is 22.6. The van der Waals surface area contributed by atoms with Gasteiger partial charge < -0.3 is 14.6 Å². The zero-order chi connectivity index (χ0) is 19.9. The van der Waals surface area contributed by atoms with Crippen LogP contribution in [0.25, 0.3) is 11.3 Å². The molecule has 29 heavy (non-hydrogen) atoms. The van der Waals surface area contributed by atoms with Gasteiger partial charge in [-0.15, -0.1) is 0 Å². The van der Waals surface area contributed by atoms with Crippen molar-refractivity contribution >= 4 is 5.91 Å². The number of carbonyl (C=O) groups excluding carboxylic acids is 1. The number of H-pyrrole nitrogens is 1. The molecule has 1 aliphatic heterocycles. The van der Waals surface area contributed by atoms with Crippen LogP contribution in [0.3, 0.4) is 0 Å². The number of benzene rings is 1. The molecule has 5 nitrogen and oxygen atoms in total. The Bertz CT molecular complexity index is 902. The highest BCUT2D eigenvalue weighted by Gasteiger charge is 2.22. The first-order valence-electron chi connectivity index (χ1n) is 10.3. The number of nitrogens with zero attached hydrogens (tertiary/aromatic N) is 2. The van der Waals surface area contributed by atoms with Gasteiger partial charge in [-0.05, 0) is 48.6 Å². The van der Waals surface area contributed by atoms with Crippen molar-refractivity contribution in [2.24, 2.45) is 0 Å². The Balaban J connectivity index is 1.38. The first kappa shape index (κ1) is 19.4. The number of aryl methyl sites for hydroxylation is 1. The van der Waals surface area contributed by atoms with Crippen LogP contribution in [0.4, 0.5) is 0 Å². The average molecular weight is 389 g/mol. The molecule has 0 spiro atoms. The van der Waals surface area contributed by atoms with Crippen LogP contribution < -0.4 is 0 Å². The minimum atomic E-state index is 0.144. The summed E-state index contributed by atoms with van der Waals surface area (Å²) in [7, 11) is 0. The number of aromatic nitrogens is 2. The highest BCUT2D eigenvalue weighted by Crippen LogP contribution is 2.20. The summed E-state index contributed by atoms with van der Waals surface area (Å²) in [6, 6.07) is 18.3. The Morgan fingerprint density at radius 1 is 1.14 bits per heavy atom. The number of nitrogens with one attached hydrogen (secondary N) is 1. The van der Waals surface area contributed by atoms with Crippen LogP contribution in [-0.2, 0) is 22.5 Å². The number of pyridine rings is 1. The van der Waals surface area contributed by atoms with Gasteiger partial charge in [0.2, 0.25) is 5.91 Å². The topological polar surface area (TPSA) is 58.2 Å². The molecule has 0 bridgehead atoms. The first-order chi connectivity index (χ1) is 14.3. The van der Waals surface area contributed by atoms with Crippen molar-refractivity contribution in [1.29, 1.82) is 0 Å². The second-order valence-corrected chi connectivity index (χ2v) is 7.53. The molecule has 1 saturated heterocycles. The molecular weight excluding hydrogens is 362 g/mol. The van der Waals surface area contributed by atoms with E-state index in [1.165, 1.54) is 0 Å². The predicted octanol–water partition coefficient (Wildman–Crippen LogP) is 4.22. The Morgan fingerprint density at radius 3 is 2.79 bits per heavy atom. The van der Waals surface area contributed by atoms with E-state index in [2.05, 4.69) is 34.2 Å². The zero-order valence-corrected chi connectivity index (χ0v) is 16.6. The van der Waals surface area contributed by atoms with Gasteiger partial charge in [-0.25, -0.2) is 0 Å². The quantitative estimate of drug-likeness (QED) is 0.628. The molecule has 1 amide bonds. The van der Waals surface area contributed by atoms with E-state index >= 15 is 0 Å². The number of aromatic amines is 1. The van der Waals surface area contributed by atoms with E-state index in [1.807, 2.05) is 41.4 Å². The van der Waals surface area contributed by atoms with Gasteiger partial charge in [-0.1, -0.05) is 36.4 Å². The highest BCUT2D eigenvalue weighted by molar-refractivity contribution is 5.76. The predicted molar refractivity (Wildman–Crippen MR) is 113 cm³/mol. The summed E-state index contributed by atoms with van der Waals surface area (Å²) in [5, 5.41) is 0. The molecular formula is C24H27N3O2. The molecule has 5 heteroatoms. The van der Waals surface area contributed by atoms with Gasteiger partial charge in [0.05, 0.1) is 6.10 Å². The maximum atomic E-state index is 13.0. The summed E-state index contributed by atoms with van der Waals surface area (Å²) in [5.74, 6) is 0.153. The third-order valence-corrected chi connectivity index (χ3v) is 5.34. The molecule has 2 aromatic heterocycles. The second-order valence-electron chi connectivity index (χ2n) is 7.53. The summed E-state index contributed by atoms with van der Waals surface area (Å²) in [6.45, 7) is 2.02. The Labute approximate surface area is 171 Å². The van der Waals surface area contributed by atoms with Gasteiger partial charge in [0.15, 0.2) is 0 Å². The summed E-state index contributed by atoms with van der Waals surface area (Å²) in [6.07, 6.45) is 6.99. The van der Waals surface area contributed by atoms with Crippen molar-refractivity contribution < 1.29 is 9.53 Å². The van der Waals surface area contributed by atoms with Crippen molar-refractivity contribution in [1.82, 2.24) is 14.9 Å². The van der Waals surface area contributed by atoms with Crippen LogP contribution >= 0.6 is 0 Å². The van der Waals surface area contributed by atoms with Gasteiger partial charge in [0.25, 0.3) is 0 Å². The molecule has 1 fully saturated rings. The molecule has 150 valence electrons. The molecule has 1 atom stereocenters. The number of hydrogen-bond donors (Lipinski definition) is 1. The SMILES string of the molecule is O=C(CCc1ccc(-c2ccccc2)[nH]1)N(Cc1cccnc1)CC1CCCO1. The van der Waals surface area contributed by atoms with Gasteiger partial charge in [0.1, 0.15) is 0 Å². The number of carbonyl (C=O) groups is 1. The van der Waals surface area contributed by atoms with Crippen LogP contribution in [0, 0.1) is 0 Å². The first-order valence-corrected chi connectivity index (χ1v) is 10.3. The van der Waals surface area contributed by atoms with Crippen LogP contribution in [-0.4, -0.2) is 40.0 Å². The molecule has 4 rings (SSSR count). The van der Waals surface area contributed by atoms with E-state index < -0.39 is 0 Å². The van der Waals surface area contributed by atoms with Crippen molar-refractivity contribution in [3.63, 3.8) is 0 Å². The molecule has 0 saturated carbocycles. The van der Waals surface area contributed by atoms with Gasteiger partial charge >= 0.3 is 0 Å². The number of amides is 1. The fourth-order valence-electron chi connectivity index (χ4n) is 3.77. The standard InChI is InChI=1S/C24H27N3O2/c28-24(13-11-21-10-12-23(26-21)20-7-2-1-3-8-20)27(18-22-9-5-15-29-22)17-19-6-4-14-25-16-19/h1-4,6-8,10,12,14,16,22,26H,5,9,11,13,15,17-18H2.